The van der Waals surface area contributed by atoms with Crippen LogP contribution in [0.1, 0.15) is 20.3 Å². The van der Waals surface area contributed by atoms with Crippen LogP contribution < -0.4 is 10.1 Å². The Labute approximate surface area is 143 Å². The largest absolute Gasteiger partial charge is 0.491 e. The molecule has 3 amide bonds. The topological polar surface area (TPSA) is 78.9 Å². The first-order valence-corrected chi connectivity index (χ1v) is 8.34. The molecule has 23 heavy (non-hydrogen) atoms. The molecule has 1 heterocycles. The van der Waals surface area contributed by atoms with Crippen LogP contribution in [0.25, 0.3) is 0 Å². The lowest BCUT2D eigenvalue weighted by molar-refractivity contribution is -0.128. The molecular formula is C16H21BrN2O4. The summed E-state index contributed by atoms with van der Waals surface area (Å²) >= 11 is 3.33. The zero-order valence-electron chi connectivity index (χ0n) is 13.2. The van der Waals surface area contributed by atoms with E-state index in [9.17, 15) is 14.7 Å². The van der Waals surface area contributed by atoms with Gasteiger partial charge in [-0.15, -0.1) is 0 Å². The number of hydrogen-bond donors (Lipinski definition) is 2. The number of nitrogens with one attached hydrogen (secondary N) is 1. The Balaban J connectivity index is 1.84. The highest BCUT2D eigenvalue weighted by molar-refractivity contribution is 9.10. The van der Waals surface area contributed by atoms with E-state index in [4.69, 9.17) is 4.74 Å². The van der Waals surface area contributed by atoms with E-state index < -0.39 is 18.2 Å². The molecule has 0 saturated carbocycles. The van der Waals surface area contributed by atoms with Crippen LogP contribution in [0.4, 0.5) is 4.79 Å². The number of ether oxygens (including phenoxy) is 1. The van der Waals surface area contributed by atoms with Crippen molar-refractivity contribution in [1.29, 1.82) is 0 Å². The quantitative estimate of drug-likeness (QED) is 0.705. The van der Waals surface area contributed by atoms with Crippen molar-refractivity contribution in [2.45, 2.75) is 32.4 Å². The molecule has 2 rings (SSSR count). The van der Waals surface area contributed by atoms with E-state index in [2.05, 4.69) is 21.2 Å². The molecule has 0 radical (unpaired) electrons. The van der Waals surface area contributed by atoms with Gasteiger partial charge < -0.3 is 15.2 Å². The van der Waals surface area contributed by atoms with Gasteiger partial charge in [-0.3, -0.25) is 9.69 Å². The first-order chi connectivity index (χ1) is 10.9. The average Bonchev–Trinajstić information content (AvgIpc) is 2.73. The zero-order valence-corrected chi connectivity index (χ0v) is 14.7. The monoisotopic (exact) mass is 384 g/mol. The van der Waals surface area contributed by atoms with Gasteiger partial charge >= 0.3 is 6.03 Å². The van der Waals surface area contributed by atoms with E-state index in [1.807, 2.05) is 26.0 Å². The van der Waals surface area contributed by atoms with Crippen LogP contribution >= 0.6 is 15.9 Å². The second kappa shape index (κ2) is 7.79. The van der Waals surface area contributed by atoms with Gasteiger partial charge in [0, 0.05) is 4.47 Å². The minimum absolute atomic E-state index is 0.00748. The highest BCUT2D eigenvalue weighted by atomic mass is 79.9. The summed E-state index contributed by atoms with van der Waals surface area (Å²) in [6, 6.07) is 6.24. The molecular weight excluding hydrogens is 364 g/mol. The smallest absolute Gasteiger partial charge is 0.324 e. The maximum atomic E-state index is 12.2. The number of carbonyl (C=O) groups excluding carboxylic acids is 2. The molecule has 0 spiro atoms. The van der Waals surface area contributed by atoms with Gasteiger partial charge in [0.15, 0.2) is 0 Å². The van der Waals surface area contributed by atoms with Crippen molar-refractivity contribution in [1.82, 2.24) is 10.2 Å². The van der Waals surface area contributed by atoms with Crippen LogP contribution in [0.3, 0.4) is 0 Å². The maximum Gasteiger partial charge on any atom is 0.324 e. The number of β-amino-alcohol motifs (C(OH)–C–C–N with tert-alkyl or cyclic N) is 1. The van der Waals surface area contributed by atoms with E-state index in [-0.39, 0.29) is 19.1 Å². The number of rotatable bonds is 7. The molecule has 1 saturated heterocycles. The van der Waals surface area contributed by atoms with E-state index in [1.165, 1.54) is 0 Å². The Kier molecular flexibility index (Phi) is 6.01. The fourth-order valence-corrected chi connectivity index (χ4v) is 2.63. The van der Waals surface area contributed by atoms with E-state index in [0.29, 0.717) is 18.1 Å². The van der Waals surface area contributed by atoms with E-state index in [0.717, 1.165) is 9.37 Å². The number of aliphatic hydroxyl groups is 1. The predicted octanol–water partition coefficient (Wildman–Crippen LogP) is 2.16. The molecule has 1 aliphatic heterocycles. The second-order valence-electron chi connectivity index (χ2n) is 6.00. The fraction of sp³-hybridized carbons (Fsp3) is 0.500. The summed E-state index contributed by atoms with van der Waals surface area (Å²) < 4.78 is 6.39. The maximum absolute atomic E-state index is 12.2. The molecule has 2 N–H and O–H groups in total. The summed E-state index contributed by atoms with van der Waals surface area (Å²) in [7, 11) is 0. The van der Waals surface area contributed by atoms with Crippen LogP contribution in [0.2, 0.25) is 0 Å². The number of hydrogen-bond acceptors (Lipinski definition) is 4. The third-order valence-electron chi connectivity index (χ3n) is 3.46. The van der Waals surface area contributed by atoms with Crippen molar-refractivity contribution >= 4 is 27.9 Å². The molecule has 1 aromatic carbocycles. The van der Waals surface area contributed by atoms with Crippen molar-refractivity contribution in [2.75, 3.05) is 13.2 Å². The normalized spacial score (nSPS) is 19.2. The summed E-state index contributed by atoms with van der Waals surface area (Å²) in [5, 5.41) is 12.7. The van der Waals surface area contributed by atoms with E-state index >= 15 is 0 Å². The molecule has 6 nitrogen and oxygen atoms in total. The summed E-state index contributed by atoms with van der Waals surface area (Å²) in [6.07, 6.45) is -0.349. The second-order valence-corrected chi connectivity index (χ2v) is 6.91. The molecule has 2 atom stereocenters. The van der Waals surface area contributed by atoms with Crippen LogP contribution in [-0.2, 0) is 4.79 Å². The fourth-order valence-electron chi connectivity index (χ4n) is 2.37. The summed E-state index contributed by atoms with van der Waals surface area (Å²) in [5.41, 5.74) is 0. The summed E-state index contributed by atoms with van der Waals surface area (Å²) in [5.74, 6) is 0.628. The molecule has 0 aliphatic carbocycles. The molecule has 1 aliphatic rings. The number of nitrogens with zero attached hydrogens (tertiary/aromatic N) is 1. The molecule has 1 aromatic rings. The van der Waals surface area contributed by atoms with Gasteiger partial charge in [0.05, 0.1) is 6.54 Å². The number of amides is 3. The Bertz CT molecular complexity index is 562. The Morgan fingerprint density at radius 1 is 1.30 bits per heavy atom. The Morgan fingerprint density at radius 3 is 2.57 bits per heavy atom. The molecule has 2 unspecified atom stereocenters. The lowest BCUT2D eigenvalue weighted by Crippen LogP contribution is -2.40. The van der Waals surface area contributed by atoms with Crippen molar-refractivity contribution in [3.8, 4) is 5.75 Å². The number of carbonyl (C=O) groups is 2. The summed E-state index contributed by atoms with van der Waals surface area (Å²) in [6.45, 7) is 3.91. The number of halogens is 1. The highest BCUT2D eigenvalue weighted by Gasteiger charge is 2.38. The van der Waals surface area contributed by atoms with Crippen molar-refractivity contribution < 1.29 is 19.4 Å². The number of urea groups is 1. The minimum atomic E-state index is -0.939. The van der Waals surface area contributed by atoms with Crippen molar-refractivity contribution in [2.24, 2.45) is 5.92 Å². The van der Waals surface area contributed by atoms with Gasteiger partial charge in [-0.1, -0.05) is 29.8 Å². The zero-order chi connectivity index (χ0) is 17.0. The van der Waals surface area contributed by atoms with Crippen LogP contribution in [-0.4, -0.2) is 47.2 Å². The SMILES string of the molecule is CC(C)CC1NC(=O)N(CC(O)COc2ccc(Br)cc2)C1=O. The highest BCUT2D eigenvalue weighted by Crippen LogP contribution is 2.17. The van der Waals surface area contributed by atoms with Crippen LogP contribution in [0.5, 0.6) is 5.75 Å². The lowest BCUT2D eigenvalue weighted by Gasteiger charge is -2.18. The van der Waals surface area contributed by atoms with Gasteiger partial charge in [-0.25, -0.2) is 4.79 Å². The predicted molar refractivity (Wildman–Crippen MR) is 89.1 cm³/mol. The average molecular weight is 385 g/mol. The minimum Gasteiger partial charge on any atom is -0.491 e. The van der Waals surface area contributed by atoms with Crippen molar-refractivity contribution in [3.05, 3.63) is 28.7 Å². The van der Waals surface area contributed by atoms with Gasteiger partial charge in [0.2, 0.25) is 0 Å². The third-order valence-corrected chi connectivity index (χ3v) is 3.99. The molecule has 1 fully saturated rings. The molecule has 0 bridgehead atoms. The summed E-state index contributed by atoms with van der Waals surface area (Å²) in [4.78, 5) is 25.1. The number of imide groups is 1. The number of aliphatic hydroxyl groups excluding tert-OH is 1. The first-order valence-electron chi connectivity index (χ1n) is 7.55. The van der Waals surface area contributed by atoms with Gasteiger partial charge in [0.1, 0.15) is 24.5 Å². The van der Waals surface area contributed by atoms with E-state index in [1.54, 1.807) is 12.1 Å². The first kappa shape index (κ1) is 17.7. The van der Waals surface area contributed by atoms with Gasteiger partial charge in [-0.2, -0.15) is 0 Å². The molecule has 7 heteroatoms. The van der Waals surface area contributed by atoms with Crippen LogP contribution in [0.15, 0.2) is 28.7 Å². The van der Waals surface area contributed by atoms with Crippen LogP contribution in [0, 0.1) is 5.92 Å². The van der Waals surface area contributed by atoms with Crippen molar-refractivity contribution in [3.63, 3.8) is 0 Å². The standard InChI is InChI=1S/C16H21BrN2O4/c1-10(2)7-14-15(21)19(16(22)18-14)8-12(20)9-23-13-5-3-11(17)4-6-13/h3-6,10,12,14,20H,7-9H2,1-2H3,(H,18,22). The Hall–Kier alpha value is -1.60. The lowest BCUT2D eigenvalue weighted by atomic mass is 10.0. The molecule has 0 aromatic heterocycles. The van der Waals surface area contributed by atoms with Gasteiger partial charge in [0.25, 0.3) is 5.91 Å². The van der Waals surface area contributed by atoms with Gasteiger partial charge in [-0.05, 0) is 36.6 Å². The third kappa shape index (κ3) is 4.94. The number of benzene rings is 1. The molecule has 126 valence electrons. The Morgan fingerprint density at radius 2 is 1.96 bits per heavy atom.